The van der Waals surface area contributed by atoms with E-state index < -0.39 is 5.97 Å². The molecule has 3 N–H and O–H groups in total. The zero-order valence-corrected chi connectivity index (χ0v) is 11.5. The van der Waals surface area contributed by atoms with Gasteiger partial charge in [0.05, 0.1) is 5.56 Å². The third-order valence-corrected chi connectivity index (χ3v) is 2.94. The Kier molecular flexibility index (Phi) is 4.55. The minimum absolute atomic E-state index is 0.177. The number of nitrogens with zero attached hydrogens (tertiary/aromatic N) is 2. The van der Waals surface area contributed by atoms with E-state index in [4.69, 9.17) is 5.11 Å². The number of carbonyl (C=O) groups excluding carboxylic acids is 1. The van der Waals surface area contributed by atoms with Crippen molar-refractivity contribution >= 4 is 17.7 Å². The molecule has 1 aromatic heterocycles. The topological polar surface area (TPSA) is 96.3 Å². The van der Waals surface area contributed by atoms with Crippen LogP contribution in [0.1, 0.15) is 16.2 Å². The van der Waals surface area contributed by atoms with Gasteiger partial charge >= 0.3 is 12.0 Å². The first-order valence-corrected chi connectivity index (χ1v) is 6.40. The van der Waals surface area contributed by atoms with Crippen molar-refractivity contribution in [2.45, 2.75) is 6.42 Å². The lowest BCUT2D eigenvalue weighted by Gasteiger charge is -2.08. The zero-order valence-electron chi connectivity index (χ0n) is 11.5. The summed E-state index contributed by atoms with van der Waals surface area (Å²) in [5.74, 6) is -0.109. The number of carboxylic acid groups (broad SMARTS) is 1. The van der Waals surface area contributed by atoms with Crippen molar-refractivity contribution in [3.63, 3.8) is 0 Å². The molecule has 0 aliphatic carbocycles. The Morgan fingerprint density at radius 3 is 2.57 bits per heavy atom. The molecule has 0 bridgehead atoms. The predicted octanol–water partition coefficient (Wildman–Crippen LogP) is 1.48. The van der Waals surface area contributed by atoms with E-state index in [0.717, 1.165) is 5.82 Å². The maximum absolute atomic E-state index is 11.7. The number of aromatic carboxylic acids is 1. The second-order valence-corrected chi connectivity index (χ2v) is 4.47. The number of carbonyl (C=O) groups is 2. The summed E-state index contributed by atoms with van der Waals surface area (Å²) in [5, 5.41) is 14.1. The van der Waals surface area contributed by atoms with E-state index in [1.54, 1.807) is 18.3 Å². The van der Waals surface area contributed by atoms with E-state index in [2.05, 4.69) is 15.6 Å². The van der Waals surface area contributed by atoms with Crippen molar-refractivity contribution in [2.24, 2.45) is 7.05 Å². The van der Waals surface area contributed by atoms with Crippen LogP contribution in [0.3, 0.4) is 0 Å². The largest absolute Gasteiger partial charge is 0.478 e. The maximum Gasteiger partial charge on any atom is 0.335 e. The fourth-order valence-electron chi connectivity index (χ4n) is 1.80. The molecule has 0 radical (unpaired) electrons. The molecule has 21 heavy (non-hydrogen) atoms. The van der Waals surface area contributed by atoms with E-state index in [9.17, 15) is 9.59 Å². The molecule has 2 rings (SSSR count). The third-order valence-electron chi connectivity index (χ3n) is 2.94. The van der Waals surface area contributed by atoms with E-state index in [-0.39, 0.29) is 11.6 Å². The molecule has 0 aliphatic rings. The number of benzene rings is 1. The minimum atomic E-state index is -0.999. The zero-order chi connectivity index (χ0) is 15.2. The number of hydrogen-bond donors (Lipinski definition) is 3. The number of nitrogens with one attached hydrogen (secondary N) is 2. The Morgan fingerprint density at radius 2 is 2.00 bits per heavy atom. The highest BCUT2D eigenvalue weighted by molar-refractivity contribution is 5.91. The first kappa shape index (κ1) is 14.6. The Labute approximate surface area is 121 Å². The number of rotatable bonds is 5. The average molecular weight is 288 g/mol. The van der Waals surface area contributed by atoms with Crippen molar-refractivity contribution in [2.75, 3.05) is 11.9 Å². The number of urea groups is 1. The molecule has 1 aromatic carbocycles. The highest BCUT2D eigenvalue weighted by Gasteiger charge is 2.05. The van der Waals surface area contributed by atoms with Crippen LogP contribution in [0.5, 0.6) is 0 Å². The van der Waals surface area contributed by atoms with Gasteiger partial charge in [-0.1, -0.05) is 0 Å². The van der Waals surface area contributed by atoms with Crippen LogP contribution in [0.25, 0.3) is 0 Å². The first-order valence-electron chi connectivity index (χ1n) is 6.40. The summed E-state index contributed by atoms with van der Waals surface area (Å²) < 4.78 is 1.89. The molecule has 0 saturated carbocycles. The van der Waals surface area contributed by atoms with E-state index in [1.807, 2.05) is 17.8 Å². The van der Waals surface area contributed by atoms with Crippen LogP contribution in [-0.2, 0) is 13.5 Å². The molecule has 2 aromatic rings. The van der Waals surface area contributed by atoms with Crippen molar-refractivity contribution in [3.05, 3.63) is 48.0 Å². The van der Waals surface area contributed by atoms with E-state index in [1.165, 1.54) is 12.1 Å². The van der Waals surface area contributed by atoms with E-state index >= 15 is 0 Å². The quantitative estimate of drug-likeness (QED) is 0.776. The number of imidazole rings is 1. The van der Waals surface area contributed by atoms with Gasteiger partial charge in [0.1, 0.15) is 5.82 Å². The number of amides is 2. The molecular formula is C14H16N4O3. The molecule has 0 aliphatic heterocycles. The normalized spacial score (nSPS) is 10.1. The lowest BCUT2D eigenvalue weighted by Crippen LogP contribution is -2.30. The minimum Gasteiger partial charge on any atom is -0.478 e. The monoisotopic (exact) mass is 288 g/mol. The van der Waals surface area contributed by atoms with Gasteiger partial charge in [0.15, 0.2) is 0 Å². The van der Waals surface area contributed by atoms with Crippen LogP contribution < -0.4 is 10.6 Å². The Balaban J connectivity index is 1.79. The second-order valence-electron chi connectivity index (χ2n) is 4.47. The van der Waals surface area contributed by atoms with Crippen LogP contribution in [0.2, 0.25) is 0 Å². The fraction of sp³-hybridized carbons (Fsp3) is 0.214. The van der Waals surface area contributed by atoms with Crippen LogP contribution in [0.15, 0.2) is 36.7 Å². The van der Waals surface area contributed by atoms with Gasteiger partial charge in [-0.05, 0) is 24.3 Å². The van der Waals surface area contributed by atoms with Gasteiger partial charge in [-0.15, -0.1) is 0 Å². The van der Waals surface area contributed by atoms with Gasteiger partial charge in [-0.2, -0.15) is 0 Å². The molecule has 0 fully saturated rings. The van der Waals surface area contributed by atoms with Crippen molar-refractivity contribution in [3.8, 4) is 0 Å². The van der Waals surface area contributed by atoms with Crippen molar-refractivity contribution in [1.29, 1.82) is 0 Å². The maximum atomic E-state index is 11.7. The average Bonchev–Trinajstić information content (AvgIpc) is 2.85. The molecule has 1 heterocycles. The summed E-state index contributed by atoms with van der Waals surface area (Å²) in [7, 11) is 1.90. The molecule has 0 unspecified atom stereocenters. The summed E-state index contributed by atoms with van der Waals surface area (Å²) >= 11 is 0. The number of anilines is 1. The van der Waals surface area contributed by atoms with Gasteiger partial charge in [-0.25, -0.2) is 14.6 Å². The molecule has 0 spiro atoms. The van der Waals surface area contributed by atoms with Crippen molar-refractivity contribution < 1.29 is 14.7 Å². The standard InChI is InChI=1S/C14H16N4O3/c1-18-9-8-15-12(18)6-7-16-14(21)17-11-4-2-10(3-5-11)13(19)20/h2-5,8-9H,6-7H2,1H3,(H,19,20)(H2,16,17,21). The summed E-state index contributed by atoms with van der Waals surface area (Å²) in [5.41, 5.74) is 0.713. The Morgan fingerprint density at radius 1 is 1.29 bits per heavy atom. The van der Waals surface area contributed by atoms with E-state index in [0.29, 0.717) is 18.7 Å². The predicted molar refractivity (Wildman–Crippen MR) is 77.3 cm³/mol. The molecule has 110 valence electrons. The number of hydrogen-bond acceptors (Lipinski definition) is 3. The van der Waals surface area contributed by atoms with Crippen LogP contribution in [0, 0.1) is 0 Å². The van der Waals surface area contributed by atoms with Gasteiger partial charge in [0.2, 0.25) is 0 Å². The molecule has 7 heteroatoms. The molecule has 0 saturated heterocycles. The summed E-state index contributed by atoms with van der Waals surface area (Å²) in [4.78, 5) is 26.5. The van der Waals surface area contributed by atoms with Gasteiger partial charge in [0, 0.05) is 38.1 Å². The summed E-state index contributed by atoms with van der Waals surface area (Å²) in [6, 6.07) is 5.62. The summed E-state index contributed by atoms with van der Waals surface area (Å²) in [6.07, 6.45) is 4.19. The molecule has 0 atom stereocenters. The van der Waals surface area contributed by atoms with Crippen LogP contribution in [-0.4, -0.2) is 33.2 Å². The number of carboxylic acids is 1. The first-order chi connectivity index (χ1) is 10.1. The number of aryl methyl sites for hydroxylation is 1. The smallest absolute Gasteiger partial charge is 0.335 e. The lowest BCUT2D eigenvalue weighted by molar-refractivity contribution is 0.0697. The number of aromatic nitrogens is 2. The van der Waals surface area contributed by atoms with Crippen molar-refractivity contribution in [1.82, 2.24) is 14.9 Å². The Hall–Kier alpha value is -2.83. The van der Waals surface area contributed by atoms with Gasteiger partial charge in [-0.3, -0.25) is 0 Å². The Bertz CT molecular complexity index is 634. The molecule has 2 amide bonds. The third kappa shape index (κ3) is 4.07. The molecular weight excluding hydrogens is 272 g/mol. The second kappa shape index (κ2) is 6.56. The lowest BCUT2D eigenvalue weighted by atomic mass is 10.2. The fourth-order valence-corrected chi connectivity index (χ4v) is 1.80. The summed E-state index contributed by atoms with van der Waals surface area (Å²) in [6.45, 7) is 0.462. The SMILES string of the molecule is Cn1ccnc1CCNC(=O)Nc1ccc(C(=O)O)cc1. The van der Waals surface area contributed by atoms with Gasteiger partial charge < -0.3 is 20.3 Å². The van der Waals surface area contributed by atoms with Crippen LogP contribution >= 0.6 is 0 Å². The molecule has 7 nitrogen and oxygen atoms in total. The van der Waals surface area contributed by atoms with Crippen LogP contribution in [0.4, 0.5) is 10.5 Å². The highest BCUT2D eigenvalue weighted by atomic mass is 16.4. The highest BCUT2D eigenvalue weighted by Crippen LogP contribution is 2.09. The van der Waals surface area contributed by atoms with Gasteiger partial charge in [0.25, 0.3) is 0 Å².